The molecule has 0 aromatic carbocycles. The number of H-pyrrole nitrogens is 1. The summed E-state index contributed by atoms with van der Waals surface area (Å²) in [5.41, 5.74) is 1.34. The number of rotatable bonds is 5. The molecule has 0 bridgehead atoms. The van der Waals surface area contributed by atoms with Crippen molar-refractivity contribution in [2.75, 3.05) is 26.2 Å². The maximum absolute atomic E-state index is 3.49. The van der Waals surface area contributed by atoms with E-state index in [0.29, 0.717) is 0 Å². The first-order chi connectivity index (χ1) is 7.95. The number of aromatic nitrogens is 1. The van der Waals surface area contributed by atoms with E-state index in [-0.39, 0.29) is 0 Å². The predicted octanol–water partition coefficient (Wildman–Crippen LogP) is 1.98. The van der Waals surface area contributed by atoms with E-state index in [1.165, 1.54) is 50.9 Å². The lowest BCUT2D eigenvalue weighted by Crippen LogP contribution is -2.32. The first-order valence-corrected chi connectivity index (χ1v) is 6.50. The highest BCUT2D eigenvalue weighted by Gasteiger charge is 2.07. The quantitative estimate of drug-likeness (QED) is 0.745. The van der Waals surface area contributed by atoms with E-state index in [1.54, 1.807) is 0 Å². The van der Waals surface area contributed by atoms with Crippen molar-refractivity contribution in [3.05, 3.63) is 24.0 Å². The van der Waals surface area contributed by atoms with Crippen molar-refractivity contribution >= 4 is 0 Å². The highest BCUT2D eigenvalue weighted by Crippen LogP contribution is 2.08. The summed E-state index contributed by atoms with van der Waals surface area (Å²) in [6.07, 6.45) is 9.65. The van der Waals surface area contributed by atoms with Crippen molar-refractivity contribution < 1.29 is 0 Å². The van der Waals surface area contributed by atoms with Crippen LogP contribution in [0.5, 0.6) is 0 Å². The van der Waals surface area contributed by atoms with E-state index in [1.807, 2.05) is 6.20 Å². The molecule has 3 heteroatoms. The van der Waals surface area contributed by atoms with E-state index in [9.17, 15) is 0 Å². The summed E-state index contributed by atoms with van der Waals surface area (Å²) in [5, 5.41) is 3.49. The number of likely N-dealkylation sites (tertiary alicyclic amines) is 1. The Labute approximate surface area is 98.2 Å². The van der Waals surface area contributed by atoms with Crippen LogP contribution in [0.2, 0.25) is 0 Å². The molecular formula is C13H23N3. The van der Waals surface area contributed by atoms with Gasteiger partial charge in [-0.2, -0.15) is 0 Å². The van der Waals surface area contributed by atoms with Gasteiger partial charge in [0.2, 0.25) is 0 Å². The second kappa shape index (κ2) is 6.71. The number of nitrogens with one attached hydrogen (secondary N) is 2. The molecule has 3 nitrogen and oxygen atoms in total. The molecule has 0 aliphatic carbocycles. The maximum Gasteiger partial charge on any atom is 0.0220 e. The molecule has 1 aliphatic rings. The van der Waals surface area contributed by atoms with Gasteiger partial charge in [-0.15, -0.1) is 0 Å². The predicted molar refractivity (Wildman–Crippen MR) is 67.4 cm³/mol. The fourth-order valence-electron chi connectivity index (χ4n) is 2.30. The molecule has 1 aliphatic heterocycles. The van der Waals surface area contributed by atoms with Gasteiger partial charge < -0.3 is 15.2 Å². The molecule has 0 spiro atoms. The van der Waals surface area contributed by atoms with Gasteiger partial charge in [-0.1, -0.05) is 12.8 Å². The molecule has 1 saturated heterocycles. The molecule has 2 rings (SSSR count). The molecular weight excluding hydrogens is 198 g/mol. The van der Waals surface area contributed by atoms with Crippen molar-refractivity contribution in [1.29, 1.82) is 0 Å². The largest absolute Gasteiger partial charge is 0.367 e. The van der Waals surface area contributed by atoms with Crippen LogP contribution in [-0.2, 0) is 6.54 Å². The number of hydrogen-bond acceptors (Lipinski definition) is 2. The standard InChI is InChI=1S/C13H23N3/c1-2-4-9-16(8-3-1)10-7-15-12-13-5-6-14-11-13/h5-6,11,14-15H,1-4,7-10,12H2. The van der Waals surface area contributed by atoms with Gasteiger partial charge in [0.05, 0.1) is 0 Å². The maximum atomic E-state index is 3.49. The van der Waals surface area contributed by atoms with Crippen LogP contribution in [0.4, 0.5) is 0 Å². The topological polar surface area (TPSA) is 31.1 Å². The fraction of sp³-hybridized carbons (Fsp3) is 0.692. The molecule has 16 heavy (non-hydrogen) atoms. The van der Waals surface area contributed by atoms with Crippen LogP contribution in [0.1, 0.15) is 31.2 Å². The van der Waals surface area contributed by atoms with Gasteiger partial charge in [-0.25, -0.2) is 0 Å². The van der Waals surface area contributed by atoms with Crippen molar-refractivity contribution in [3.63, 3.8) is 0 Å². The summed E-state index contributed by atoms with van der Waals surface area (Å²) in [5.74, 6) is 0. The SMILES string of the molecule is c1cc(CNCCN2CCCCCC2)c[nH]1. The molecule has 0 saturated carbocycles. The molecule has 2 N–H and O–H groups in total. The van der Waals surface area contributed by atoms with Crippen LogP contribution in [0, 0.1) is 0 Å². The third-order valence-corrected chi connectivity index (χ3v) is 3.29. The Hall–Kier alpha value is -0.800. The summed E-state index contributed by atoms with van der Waals surface area (Å²) in [6.45, 7) is 5.88. The second-order valence-corrected chi connectivity index (χ2v) is 4.65. The number of nitrogens with zero attached hydrogens (tertiary/aromatic N) is 1. The zero-order valence-corrected chi connectivity index (χ0v) is 10.0. The van der Waals surface area contributed by atoms with Crippen molar-refractivity contribution in [2.45, 2.75) is 32.2 Å². The van der Waals surface area contributed by atoms with E-state index in [0.717, 1.165) is 13.1 Å². The van der Waals surface area contributed by atoms with Gasteiger partial charge in [0.25, 0.3) is 0 Å². The molecule has 1 fully saturated rings. The van der Waals surface area contributed by atoms with E-state index in [4.69, 9.17) is 0 Å². The minimum absolute atomic E-state index is 0.983. The van der Waals surface area contributed by atoms with Gasteiger partial charge in [0.1, 0.15) is 0 Å². The molecule has 90 valence electrons. The molecule has 0 unspecified atom stereocenters. The van der Waals surface area contributed by atoms with Gasteiger partial charge in [-0.3, -0.25) is 0 Å². The minimum Gasteiger partial charge on any atom is -0.367 e. The minimum atomic E-state index is 0.983. The first-order valence-electron chi connectivity index (χ1n) is 6.50. The summed E-state index contributed by atoms with van der Waals surface area (Å²) >= 11 is 0. The van der Waals surface area contributed by atoms with Gasteiger partial charge in [0, 0.05) is 32.0 Å². The molecule has 1 aromatic rings. The van der Waals surface area contributed by atoms with Crippen molar-refractivity contribution in [3.8, 4) is 0 Å². The zero-order chi connectivity index (χ0) is 11.1. The normalized spacial score (nSPS) is 18.5. The zero-order valence-electron chi connectivity index (χ0n) is 10.0. The number of hydrogen-bond donors (Lipinski definition) is 2. The van der Waals surface area contributed by atoms with E-state index in [2.05, 4.69) is 27.5 Å². The summed E-state index contributed by atoms with van der Waals surface area (Å²) in [6, 6.07) is 2.12. The van der Waals surface area contributed by atoms with E-state index >= 15 is 0 Å². The average molecular weight is 221 g/mol. The van der Waals surface area contributed by atoms with Crippen molar-refractivity contribution in [2.24, 2.45) is 0 Å². The average Bonchev–Trinajstić information content (AvgIpc) is 2.68. The second-order valence-electron chi connectivity index (χ2n) is 4.65. The lowest BCUT2D eigenvalue weighted by Gasteiger charge is -2.19. The van der Waals surface area contributed by atoms with Crippen molar-refractivity contribution in [1.82, 2.24) is 15.2 Å². The highest BCUT2D eigenvalue weighted by atomic mass is 15.1. The van der Waals surface area contributed by atoms with E-state index < -0.39 is 0 Å². The van der Waals surface area contributed by atoms with Crippen LogP contribution in [0.3, 0.4) is 0 Å². The highest BCUT2D eigenvalue weighted by molar-refractivity contribution is 5.07. The smallest absolute Gasteiger partial charge is 0.0220 e. The monoisotopic (exact) mass is 221 g/mol. The molecule has 1 aromatic heterocycles. The van der Waals surface area contributed by atoms with Gasteiger partial charge >= 0.3 is 0 Å². The third kappa shape index (κ3) is 3.99. The lowest BCUT2D eigenvalue weighted by molar-refractivity contribution is 0.284. The number of aromatic amines is 1. The van der Waals surface area contributed by atoms with Crippen LogP contribution in [-0.4, -0.2) is 36.1 Å². The van der Waals surface area contributed by atoms with Crippen LogP contribution in [0.25, 0.3) is 0 Å². The Balaban J connectivity index is 1.56. The Bertz CT molecular complexity index is 261. The Morgan fingerprint density at radius 2 is 2.00 bits per heavy atom. The fourth-order valence-corrected chi connectivity index (χ4v) is 2.30. The van der Waals surface area contributed by atoms with Gasteiger partial charge in [0.15, 0.2) is 0 Å². The Morgan fingerprint density at radius 3 is 2.69 bits per heavy atom. The van der Waals surface area contributed by atoms with Crippen LogP contribution >= 0.6 is 0 Å². The van der Waals surface area contributed by atoms with Gasteiger partial charge in [-0.05, 0) is 37.6 Å². The summed E-state index contributed by atoms with van der Waals surface area (Å²) in [4.78, 5) is 5.67. The summed E-state index contributed by atoms with van der Waals surface area (Å²) < 4.78 is 0. The molecule has 0 amide bonds. The van der Waals surface area contributed by atoms with Crippen LogP contribution in [0.15, 0.2) is 18.5 Å². The lowest BCUT2D eigenvalue weighted by atomic mass is 10.2. The third-order valence-electron chi connectivity index (χ3n) is 3.29. The molecule has 2 heterocycles. The molecule has 0 atom stereocenters. The Morgan fingerprint density at radius 1 is 1.19 bits per heavy atom. The first kappa shape index (κ1) is 11.7. The summed E-state index contributed by atoms with van der Waals surface area (Å²) in [7, 11) is 0. The molecule has 0 radical (unpaired) electrons. The van der Waals surface area contributed by atoms with Crippen LogP contribution < -0.4 is 5.32 Å². The Kier molecular flexibility index (Phi) is 4.90.